The third kappa shape index (κ3) is 1.89. The van der Waals surface area contributed by atoms with Crippen molar-refractivity contribution in [2.75, 3.05) is 5.32 Å². The van der Waals surface area contributed by atoms with Crippen molar-refractivity contribution in [1.29, 1.82) is 0 Å². The Morgan fingerprint density at radius 1 is 1.42 bits per heavy atom. The summed E-state index contributed by atoms with van der Waals surface area (Å²) in [6.07, 6.45) is -0.655. The topological polar surface area (TPSA) is 52.5 Å². The first-order valence-electron chi connectivity index (χ1n) is 3.84. The Kier molecular flexibility index (Phi) is 2.55. The molecule has 1 aromatic carbocycles. The molecule has 0 radical (unpaired) electrons. The number of rotatable bonds is 2. The molecule has 0 bridgehead atoms. The van der Waals surface area contributed by atoms with Crippen LogP contribution in [0.1, 0.15) is 12.5 Å². The lowest BCUT2D eigenvalue weighted by Crippen LogP contribution is -2.13. The van der Waals surface area contributed by atoms with Crippen LogP contribution in [0.25, 0.3) is 0 Å². The second-order valence-corrected chi connectivity index (χ2v) is 2.79. The fourth-order valence-corrected chi connectivity index (χ4v) is 1.00. The van der Waals surface area contributed by atoms with Crippen LogP contribution in [0.15, 0.2) is 18.2 Å². The van der Waals surface area contributed by atoms with E-state index in [2.05, 4.69) is 5.32 Å². The summed E-state index contributed by atoms with van der Waals surface area (Å²) in [6, 6.07) is 5.34. The predicted molar refractivity (Wildman–Crippen MR) is 48.1 cm³/mol. The fraction of sp³-hybridized carbons (Fsp3) is 0.333. The molecule has 3 N–H and O–H groups in total. The largest absolute Gasteiger partial charge is 0.506 e. The quantitative estimate of drug-likeness (QED) is 0.461. The zero-order chi connectivity index (χ0) is 9.14. The molecule has 0 aliphatic carbocycles. The summed E-state index contributed by atoms with van der Waals surface area (Å²) in [5, 5.41) is 21.2. The molecule has 3 heteroatoms. The van der Waals surface area contributed by atoms with Gasteiger partial charge in [-0.25, -0.2) is 0 Å². The second-order valence-electron chi connectivity index (χ2n) is 2.79. The third-order valence-corrected chi connectivity index (χ3v) is 1.60. The summed E-state index contributed by atoms with van der Waals surface area (Å²) in [7, 11) is 0. The number of nitrogens with one attached hydrogen (secondary N) is 1. The van der Waals surface area contributed by atoms with Gasteiger partial charge >= 0.3 is 0 Å². The van der Waals surface area contributed by atoms with Gasteiger partial charge in [0.05, 0.1) is 5.69 Å². The summed E-state index contributed by atoms with van der Waals surface area (Å²) in [6.45, 7) is 3.41. The molecule has 1 atom stereocenters. The van der Waals surface area contributed by atoms with Gasteiger partial charge in [0.15, 0.2) is 0 Å². The molecule has 0 saturated heterocycles. The van der Waals surface area contributed by atoms with Gasteiger partial charge in [0.25, 0.3) is 0 Å². The van der Waals surface area contributed by atoms with E-state index in [0.717, 1.165) is 5.56 Å². The minimum atomic E-state index is -0.655. The van der Waals surface area contributed by atoms with Crippen LogP contribution in [0.3, 0.4) is 0 Å². The molecule has 0 saturated carbocycles. The molecule has 0 aromatic heterocycles. The molecule has 3 nitrogen and oxygen atoms in total. The monoisotopic (exact) mass is 167 g/mol. The normalized spacial score (nSPS) is 12.6. The van der Waals surface area contributed by atoms with Gasteiger partial charge in [-0.3, -0.25) is 0 Å². The van der Waals surface area contributed by atoms with E-state index in [9.17, 15) is 5.11 Å². The Morgan fingerprint density at radius 3 is 2.67 bits per heavy atom. The smallest absolute Gasteiger partial charge is 0.141 e. The van der Waals surface area contributed by atoms with Crippen LogP contribution in [0, 0.1) is 6.92 Å². The standard InChI is InChI=1S/C9H13NO2/c1-6-4-3-5-8(9(6)12)10-7(2)11/h3-5,7,10-12H,1-2H3. The lowest BCUT2D eigenvalue weighted by Gasteiger charge is -2.11. The number of phenols is 1. The van der Waals surface area contributed by atoms with E-state index in [-0.39, 0.29) is 5.75 Å². The molecule has 0 spiro atoms. The maximum atomic E-state index is 9.47. The van der Waals surface area contributed by atoms with Crippen LogP contribution in [0.2, 0.25) is 0 Å². The van der Waals surface area contributed by atoms with Crippen LogP contribution in [0.4, 0.5) is 5.69 Å². The van der Waals surface area contributed by atoms with Gasteiger partial charge in [-0.05, 0) is 25.5 Å². The van der Waals surface area contributed by atoms with Gasteiger partial charge in [-0.15, -0.1) is 0 Å². The molecule has 1 aromatic rings. The van der Waals surface area contributed by atoms with E-state index in [0.29, 0.717) is 5.69 Å². The number of aliphatic hydroxyl groups is 1. The highest BCUT2D eigenvalue weighted by molar-refractivity contribution is 5.58. The maximum absolute atomic E-state index is 9.47. The van der Waals surface area contributed by atoms with E-state index in [1.54, 1.807) is 13.0 Å². The zero-order valence-electron chi connectivity index (χ0n) is 7.20. The summed E-state index contributed by atoms with van der Waals surface area (Å²) < 4.78 is 0. The summed E-state index contributed by atoms with van der Waals surface area (Å²) in [5.41, 5.74) is 1.35. The Labute approximate surface area is 71.7 Å². The Bertz CT molecular complexity index is 271. The van der Waals surface area contributed by atoms with Crippen molar-refractivity contribution in [2.24, 2.45) is 0 Å². The Hall–Kier alpha value is -1.22. The summed E-state index contributed by atoms with van der Waals surface area (Å²) >= 11 is 0. The molecule has 1 unspecified atom stereocenters. The van der Waals surface area contributed by atoms with E-state index >= 15 is 0 Å². The van der Waals surface area contributed by atoms with Gasteiger partial charge in [0, 0.05) is 0 Å². The van der Waals surface area contributed by atoms with Gasteiger partial charge in [0.1, 0.15) is 12.0 Å². The molecular formula is C9H13NO2. The molecule has 0 aliphatic heterocycles. The van der Waals surface area contributed by atoms with Gasteiger partial charge in [-0.2, -0.15) is 0 Å². The van der Waals surface area contributed by atoms with Crippen molar-refractivity contribution in [1.82, 2.24) is 0 Å². The SMILES string of the molecule is Cc1cccc(NC(C)O)c1O. The van der Waals surface area contributed by atoms with Crippen LogP contribution in [-0.2, 0) is 0 Å². The van der Waals surface area contributed by atoms with Crippen molar-refractivity contribution < 1.29 is 10.2 Å². The van der Waals surface area contributed by atoms with Crippen LogP contribution in [0.5, 0.6) is 5.75 Å². The number of anilines is 1. The fourth-order valence-electron chi connectivity index (χ4n) is 1.00. The molecule has 1 rings (SSSR count). The average Bonchev–Trinajstić information content (AvgIpc) is 1.98. The van der Waals surface area contributed by atoms with Gasteiger partial charge < -0.3 is 15.5 Å². The first kappa shape index (κ1) is 8.87. The summed E-state index contributed by atoms with van der Waals surface area (Å²) in [4.78, 5) is 0. The van der Waals surface area contributed by atoms with Crippen molar-refractivity contribution in [3.8, 4) is 5.75 Å². The number of hydrogen-bond donors (Lipinski definition) is 3. The van der Waals surface area contributed by atoms with Crippen LogP contribution >= 0.6 is 0 Å². The molecule has 12 heavy (non-hydrogen) atoms. The number of para-hydroxylation sites is 1. The van der Waals surface area contributed by atoms with E-state index in [1.807, 2.05) is 19.1 Å². The molecule has 0 fully saturated rings. The number of phenolic OH excluding ortho intramolecular Hbond substituents is 1. The third-order valence-electron chi connectivity index (χ3n) is 1.60. The number of aromatic hydroxyl groups is 1. The van der Waals surface area contributed by atoms with E-state index in [4.69, 9.17) is 5.11 Å². The maximum Gasteiger partial charge on any atom is 0.141 e. The Morgan fingerprint density at radius 2 is 2.08 bits per heavy atom. The highest BCUT2D eigenvalue weighted by atomic mass is 16.3. The van der Waals surface area contributed by atoms with Crippen LogP contribution < -0.4 is 5.32 Å². The highest BCUT2D eigenvalue weighted by Crippen LogP contribution is 2.26. The van der Waals surface area contributed by atoms with Crippen molar-refractivity contribution in [2.45, 2.75) is 20.1 Å². The minimum Gasteiger partial charge on any atom is -0.506 e. The molecule has 0 heterocycles. The van der Waals surface area contributed by atoms with Crippen LogP contribution in [-0.4, -0.2) is 16.4 Å². The van der Waals surface area contributed by atoms with Gasteiger partial charge in [-0.1, -0.05) is 12.1 Å². The number of aliphatic hydroxyl groups excluding tert-OH is 1. The first-order chi connectivity index (χ1) is 5.61. The van der Waals surface area contributed by atoms with Crippen molar-refractivity contribution in [3.63, 3.8) is 0 Å². The molecule has 66 valence electrons. The number of benzene rings is 1. The molecular weight excluding hydrogens is 154 g/mol. The van der Waals surface area contributed by atoms with Gasteiger partial charge in [0.2, 0.25) is 0 Å². The second kappa shape index (κ2) is 3.45. The number of aryl methyl sites for hydroxylation is 1. The van der Waals surface area contributed by atoms with Crippen molar-refractivity contribution in [3.05, 3.63) is 23.8 Å². The van der Waals surface area contributed by atoms with E-state index in [1.165, 1.54) is 0 Å². The average molecular weight is 167 g/mol. The van der Waals surface area contributed by atoms with Crippen molar-refractivity contribution >= 4 is 5.69 Å². The lowest BCUT2D eigenvalue weighted by molar-refractivity contribution is 0.224. The Balaban J connectivity index is 2.92. The lowest BCUT2D eigenvalue weighted by atomic mass is 10.2. The zero-order valence-corrected chi connectivity index (χ0v) is 7.20. The minimum absolute atomic E-state index is 0.193. The molecule has 0 amide bonds. The highest BCUT2D eigenvalue weighted by Gasteiger charge is 2.03. The summed E-state index contributed by atoms with van der Waals surface area (Å²) in [5.74, 6) is 0.193. The van der Waals surface area contributed by atoms with E-state index < -0.39 is 6.23 Å². The first-order valence-corrected chi connectivity index (χ1v) is 3.84. The number of hydrogen-bond acceptors (Lipinski definition) is 3. The predicted octanol–water partition coefficient (Wildman–Crippen LogP) is 1.45. The molecule has 0 aliphatic rings.